The molecule has 1 atom stereocenters. The fourth-order valence-corrected chi connectivity index (χ4v) is 4.87. The minimum Gasteiger partial charge on any atom is -0.382 e. The molecule has 0 fully saturated rings. The molecule has 6 heteroatoms. The van der Waals surface area contributed by atoms with Crippen LogP contribution in [0.4, 0.5) is 0 Å². The van der Waals surface area contributed by atoms with Crippen molar-refractivity contribution in [1.29, 1.82) is 0 Å². The standard InChI is InChI=1S/C24H32N2O3S/c1-4-29-15-8-13-25(24(28)18(2)3)17-22(27)26-14-11-21-20(12-16-30-21)23(26)19-9-6-5-7-10-19/h5-7,9-10,12,16,18,23H,4,8,11,13-15,17H2,1-3H3/t23-/m1/s1. The van der Waals surface area contributed by atoms with Crippen LogP contribution in [0.25, 0.3) is 0 Å². The van der Waals surface area contributed by atoms with Gasteiger partial charge >= 0.3 is 0 Å². The van der Waals surface area contributed by atoms with Crippen LogP contribution in [0.3, 0.4) is 0 Å². The smallest absolute Gasteiger partial charge is 0.242 e. The van der Waals surface area contributed by atoms with Crippen molar-refractivity contribution >= 4 is 23.2 Å². The Morgan fingerprint density at radius 1 is 1.23 bits per heavy atom. The van der Waals surface area contributed by atoms with E-state index in [1.165, 1.54) is 10.4 Å². The van der Waals surface area contributed by atoms with E-state index in [2.05, 4.69) is 23.6 Å². The number of rotatable bonds is 9. The number of thiophene rings is 1. The summed E-state index contributed by atoms with van der Waals surface area (Å²) in [5.74, 6) is -0.116. The molecule has 2 aromatic rings. The number of benzene rings is 1. The van der Waals surface area contributed by atoms with Crippen molar-refractivity contribution in [1.82, 2.24) is 9.80 Å². The molecule has 1 aliphatic rings. The number of hydrogen-bond acceptors (Lipinski definition) is 4. The molecule has 0 radical (unpaired) electrons. The Bertz CT molecular complexity index is 834. The normalized spacial score (nSPS) is 15.9. The first kappa shape index (κ1) is 22.5. The van der Waals surface area contributed by atoms with Gasteiger partial charge in [0.15, 0.2) is 0 Å². The molecule has 1 aromatic heterocycles. The first-order valence-corrected chi connectivity index (χ1v) is 11.7. The van der Waals surface area contributed by atoms with E-state index in [1.54, 1.807) is 16.2 Å². The fourth-order valence-electron chi connectivity index (χ4n) is 3.97. The Morgan fingerprint density at radius 2 is 2.00 bits per heavy atom. The first-order chi connectivity index (χ1) is 14.5. The van der Waals surface area contributed by atoms with E-state index in [-0.39, 0.29) is 30.3 Å². The van der Waals surface area contributed by atoms with Gasteiger partial charge in [-0.3, -0.25) is 9.59 Å². The van der Waals surface area contributed by atoms with Crippen molar-refractivity contribution in [2.75, 3.05) is 32.8 Å². The summed E-state index contributed by atoms with van der Waals surface area (Å²) in [5.41, 5.74) is 2.33. The molecule has 2 heterocycles. The second-order valence-electron chi connectivity index (χ2n) is 7.91. The number of carbonyl (C=O) groups is 2. The highest BCUT2D eigenvalue weighted by Gasteiger charge is 2.34. The summed E-state index contributed by atoms with van der Waals surface area (Å²) < 4.78 is 5.42. The van der Waals surface area contributed by atoms with Crippen molar-refractivity contribution in [2.24, 2.45) is 5.92 Å². The largest absolute Gasteiger partial charge is 0.382 e. The number of amides is 2. The van der Waals surface area contributed by atoms with Crippen LogP contribution in [0.15, 0.2) is 41.8 Å². The molecule has 0 saturated heterocycles. The molecule has 0 spiro atoms. The lowest BCUT2D eigenvalue weighted by Gasteiger charge is -2.38. The Balaban J connectivity index is 1.79. The molecule has 0 aliphatic carbocycles. The van der Waals surface area contributed by atoms with Gasteiger partial charge in [-0.05, 0) is 42.3 Å². The van der Waals surface area contributed by atoms with Gasteiger partial charge in [0.1, 0.15) is 0 Å². The number of nitrogens with zero attached hydrogens (tertiary/aromatic N) is 2. The van der Waals surface area contributed by atoms with Crippen LogP contribution in [0.1, 0.15) is 49.2 Å². The van der Waals surface area contributed by atoms with Gasteiger partial charge in [-0.15, -0.1) is 11.3 Å². The molecule has 0 unspecified atom stereocenters. The summed E-state index contributed by atoms with van der Waals surface area (Å²) in [6.07, 6.45) is 1.60. The van der Waals surface area contributed by atoms with Crippen molar-refractivity contribution < 1.29 is 14.3 Å². The van der Waals surface area contributed by atoms with Gasteiger partial charge in [0.2, 0.25) is 11.8 Å². The number of hydrogen-bond donors (Lipinski definition) is 0. The molecule has 1 aromatic carbocycles. The third-order valence-corrected chi connectivity index (χ3v) is 6.45. The van der Waals surface area contributed by atoms with Crippen LogP contribution < -0.4 is 0 Å². The molecular formula is C24H32N2O3S. The third-order valence-electron chi connectivity index (χ3n) is 5.45. The van der Waals surface area contributed by atoms with Crippen molar-refractivity contribution in [3.63, 3.8) is 0 Å². The average Bonchev–Trinajstić information content (AvgIpc) is 3.24. The molecule has 0 bridgehead atoms. The van der Waals surface area contributed by atoms with Gasteiger partial charge in [0.25, 0.3) is 0 Å². The number of carbonyl (C=O) groups excluding carboxylic acids is 2. The topological polar surface area (TPSA) is 49.9 Å². The lowest BCUT2D eigenvalue weighted by atomic mass is 9.93. The Kier molecular flexibility index (Phi) is 8.05. The summed E-state index contributed by atoms with van der Waals surface area (Å²) >= 11 is 1.76. The van der Waals surface area contributed by atoms with E-state index in [1.807, 2.05) is 43.9 Å². The summed E-state index contributed by atoms with van der Waals surface area (Å²) in [5, 5.41) is 2.11. The molecule has 30 heavy (non-hydrogen) atoms. The maximum atomic E-state index is 13.4. The average molecular weight is 429 g/mol. The number of ether oxygens (including phenoxy) is 1. The van der Waals surface area contributed by atoms with Gasteiger partial charge in [-0.25, -0.2) is 0 Å². The highest BCUT2D eigenvalue weighted by Crippen LogP contribution is 2.37. The maximum Gasteiger partial charge on any atom is 0.242 e. The Morgan fingerprint density at radius 3 is 2.70 bits per heavy atom. The third kappa shape index (κ3) is 5.29. The van der Waals surface area contributed by atoms with Crippen molar-refractivity contribution in [3.8, 4) is 0 Å². The predicted molar refractivity (Wildman–Crippen MR) is 121 cm³/mol. The van der Waals surface area contributed by atoms with E-state index < -0.39 is 0 Å². The van der Waals surface area contributed by atoms with Crippen molar-refractivity contribution in [2.45, 2.75) is 39.7 Å². The van der Waals surface area contributed by atoms with Gasteiger partial charge < -0.3 is 14.5 Å². The second kappa shape index (κ2) is 10.7. The zero-order chi connectivity index (χ0) is 21.5. The molecule has 1 aliphatic heterocycles. The molecule has 0 saturated carbocycles. The van der Waals surface area contributed by atoms with E-state index in [4.69, 9.17) is 4.74 Å². The molecule has 2 amide bonds. The van der Waals surface area contributed by atoms with E-state index in [9.17, 15) is 9.59 Å². The quantitative estimate of drug-likeness (QED) is 0.564. The van der Waals surface area contributed by atoms with E-state index in [0.29, 0.717) is 26.3 Å². The summed E-state index contributed by atoms with van der Waals surface area (Å²) in [6, 6.07) is 12.2. The SMILES string of the molecule is CCOCCCN(CC(=O)N1CCc2sccc2[C@H]1c1ccccc1)C(=O)C(C)C. The second-order valence-corrected chi connectivity index (χ2v) is 8.92. The zero-order valence-electron chi connectivity index (χ0n) is 18.2. The highest BCUT2D eigenvalue weighted by molar-refractivity contribution is 7.10. The van der Waals surface area contributed by atoms with Crippen LogP contribution in [-0.4, -0.2) is 54.5 Å². The first-order valence-electron chi connectivity index (χ1n) is 10.8. The molecule has 5 nitrogen and oxygen atoms in total. The summed E-state index contributed by atoms with van der Waals surface area (Å²) in [7, 11) is 0. The zero-order valence-corrected chi connectivity index (χ0v) is 19.0. The maximum absolute atomic E-state index is 13.4. The highest BCUT2D eigenvalue weighted by atomic mass is 32.1. The van der Waals surface area contributed by atoms with Crippen LogP contribution >= 0.6 is 11.3 Å². The van der Waals surface area contributed by atoms with Gasteiger partial charge in [-0.2, -0.15) is 0 Å². The molecule has 3 rings (SSSR count). The minimum atomic E-state index is -0.139. The van der Waals surface area contributed by atoms with Crippen LogP contribution in [-0.2, 0) is 20.7 Å². The van der Waals surface area contributed by atoms with E-state index in [0.717, 1.165) is 18.4 Å². The van der Waals surface area contributed by atoms with Gasteiger partial charge in [0.05, 0.1) is 12.6 Å². The molecule has 0 N–H and O–H groups in total. The fraction of sp³-hybridized carbons (Fsp3) is 0.500. The van der Waals surface area contributed by atoms with Gasteiger partial charge in [0, 0.05) is 37.1 Å². The van der Waals surface area contributed by atoms with Gasteiger partial charge in [-0.1, -0.05) is 44.2 Å². The van der Waals surface area contributed by atoms with E-state index >= 15 is 0 Å². The Labute approximate surface area is 183 Å². The van der Waals surface area contributed by atoms with Crippen molar-refractivity contribution in [3.05, 3.63) is 57.8 Å². The number of fused-ring (bicyclic) bond motifs is 1. The molecular weight excluding hydrogens is 396 g/mol. The summed E-state index contributed by atoms with van der Waals surface area (Å²) in [6.45, 7) is 8.31. The lowest BCUT2D eigenvalue weighted by Crippen LogP contribution is -2.47. The summed E-state index contributed by atoms with van der Waals surface area (Å²) in [4.78, 5) is 31.2. The lowest BCUT2D eigenvalue weighted by molar-refractivity contribution is -0.143. The monoisotopic (exact) mass is 428 g/mol. The van der Waals surface area contributed by atoms with Crippen LogP contribution in [0.2, 0.25) is 0 Å². The van der Waals surface area contributed by atoms with Crippen LogP contribution in [0.5, 0.6) is 0 Å². The Hall–Kier alpha value is -2.18. The minimum absolute atomic E-state index is 0.00566. The molecule has 162 valence electrons. The van der Waals surface area contributed by atoms with Crippen LogP contribution in [0, 0.1) is 5.92 Å². The predicted octanol–water partition coefficient (Wildman–Crippen LogP) is 4.13.